The first-order valence-corrected chi connectivity index (χ1v) is 17.3. The van der Waals surface area contributed by atoms with Crippen molar-refractivity contribution < 1.29 is 49.9 Å². The summed E-state index contributed by atoms with van der Waals surface area (Å²) in [6.07, 6.45) is 3.68. The van der Waals surface area contributed by atoms with Gasteiger partial charge in [-0.3, -0.25) is 14.4 Å². The van der Waals surface area contributed by atoms with Crippen molar-refractivity contribution >= 4 is 17.5 Å². The molecule has 1 aromatic carbocycles. The molecule has 0 spiro atoms. The summed E-state index contributed by atoms with van der Waals surface area (Å²) in [7, 11) is 0.783. The molecule has 0 N–H and O–H groups in total. The lowest BCUT2D eigenvalue weighted by Gasteiger charge is -2.50. The summed E-state index contributed by atoms with van der Waals surface area (Å²) >= 11 is 0. The Balaban J connectivity index is 1.08. The van der Waals surface area contributed by atoms with Crippen molar-refractivity contribution in [3.63, 3.8) is 0 Å². The second-order valence-corrected chi connectivity index (χ2v) is 14.4. The third-order valence-corrected chi connectivity index (χ3v) is 11.2. The fraction of sp³-hybridized carbons (Fsp3) is 0.649. The number of ether oxygens (including phenoxy) is 1. The van der Waals surface area contributed by atoms with Crippen LogP contribution in [0, 0.1) is 17.3 Å². The predicted molar refractivity (Wildman–Crippen MR) is 168 cm³/mol. The quantitative estimate of drug-likeness (QED) is 0.152. The fourth-order valence-corrected chi connectivity index (χ4v) is 8.51. The molecule has 4 aliphatic rings. The van der Waals surface area contributed by atoms with Crippen molar-refractivity contribution in [2.45, 2.75) is 114 Å². The molecule has 270 valence electrons. The standard InChI is InChI=1S/C37H44F7NO4/c1-34-21-29(33-27-16-12-25(46)20-24(27)11-15-28(33)30(34)17-18-31(34)47)23-9-13-26(14-10-23)49-19-7-5-3-4-6-8-32(48)45(2)22-35(38,39)36(40,41)37(42,43)44/h9-10,13-14,20,28-30H,3-8,11-12,15-19,21-22H2,1-2H3/t28?,29-,30?,34+/m1/s1. The maximum atomic E-state index is 13.6. The molecule has 2 saturated carbocycles. The number of benzene rings is 1. The largest absolute Gasteiger partial charge is 0.494 e. The van der Waals surface area contributed by atoms with Crippen molar-refractivity contribution in [2.24, 2.45) is 17.3 Å². The normalized spacial score (nSPS) is 25.8. The van der Waals surface area contributed by atoms with Gasteiger partial charge in [-0.1, -0.05) is 43.9 Å². The van der Waals surface area contributed by atoms with Gasteiger partial charge in [-0.15, -0.1) is 0 Å². The van der Waals surface area contributed by atoms with Gasteiger partial charge in [-0.05, 0) is 91.7 Å². The number of carbonyl (C=O) groups excluding carboxylic acids is 3. The predicted octanol–water partition coefficient (Wildman–Crippen LogP) is 9.17. The summed E-state index contributed by atoms with van der Waals surface area (Å²) in [5, 5.41) is 0. The third kappa shape index (κ3) is 7.48. The number of ketones is 2. The van der Waals surface area contributed by atoms with E-state index in [1.54, 1.807) is 0 Å². The second kappa shape index (κ2) is 14.2. The number of hydrogen-bond donors (Lipinski definition) is 0. The van der Waals surface area contributed by atoms with Gasteiger partial charge in [0.05, 0.1) is 13.2 Å². The summed E-state index contributed by atoms with van der Waals surface area (Å²) in [6.45, 7) is 0.566. The smallest absolute Gasteiger partial charge is 0.459 e. The molecule has 5 nitrogen and oxygen atoms in total. The number of nitrogens with zero attached hydrogens (tertiary/aromatic N) is 1. The van der Waals surface area contributed by atoms with Crippen LogP contribution in [0.5, 0.6) is 5.75 Å². The average Bonchev–Trinajstić information content (AvgIpc) is 3.34. The summed E-state index contributed by atoms with van der Waals surface area (Å²) in [6, 6.07) is 8.04. The zero-order valence-electron chi connectivity index (χ0n) is 28.0. The van der Waals surface area contributed by atoms with E-state index in [-0.39, 0.29) is 34.9 Å². The average molecular weight is 700 g/mol. The number of Topliss-reactive ketones (excluding diaryl/α,β-unsaturated/α-hetero) is 1. The molecule has 5 rings (SSSR count). The monoisotopic (exact) mass is 699 g/mol. The Hall–Kier alpha value is -3.18. The molecule has 1 aromatic rings. The lowest BCUT2D eigenvalue weighted by molar-refractivity contribution is -0.355. The Morgan fingerprint density at radius 1 is 0.898 bits per heavy atom. The van der Waals surface area contributed by atoms with Gasteiger partial charge in [0.25, 0.3) is 0 Å². The van der Waals surface area contributed by atoms with Crippen LogP contribution in [0.15, 0.2) is 47.1 Å². The summed E-state index contributed by atoms with van der Waals surface area (Å²) in [5.74, 6) is -10.5. The molecule has 2 fully saturated rings. The molecule has 0 aromatic heterocycles. The minimum atomic E-state index is -6.43. The molecule has 1 amide bonds. The highest BCUT2D eigenvalue weighted by molar-refractivity contribution is 5.93. The van der Waals surface area contributed by atoms with Crippen molar-refractivity contribution in [2.75, 3.05) is 20.2 Å². The lowest BCUT2D eigenvalue weighted by atomic mass is 9.53. The first kappa shape index (κ1) is 37.1. The van der Waals surface area contributed by atoms with Crippen LogP contribution in [-0.2, 0) is 14.4 Å². The number of alkyl halides is 7. The van der Waals surface area contributed by atoms with Gasteiger partial charge < -0.3 is 9.64 Å². The summed E-state index contributed by atoms with van der Waals surface area (Å²) in [4.78, 5) is 37.6. The Morgan fingerprint density at radius 3 is 2.27 bits per heavy atom. The third-order valence-electron chi connectivity index (χ3n) is 11.2. The van der Waals surface area contributed by atoms with E-state index in [2.05, 4.69) is 19.1 Å². The highest BCUT2D eigenvalue weighted by Crippen LogP contribution is 2.62. The second-order valence-electron chi connectivity index (χ2n) is 14.4. The van der Waals surface area contributed by atoms with E-state index in [0.29, 0.717) is 62.1 Å². The Morgan fingerprint density at radius 2 is 1.57 bits per heavy atom. The van der Waals surface area contributed by atoms with Crippen molar-refractivity contribution in [1.29, 1.82) is 0 Å². The van der Waals surface area contributed by atoms with E-state index in [1.165, 1.54) is 16.7 Å². The zero-order chi connectivity index (χ0) is 35.8. The molecule has 0 bridgehead atoms. The molecule has 4 atom stereocenters. The van der Waals surface area contributed by atoms with E-state index in [0.717, 1.165) is 51.1 Å². The molecule has 2 unspecified atom stereocenters. The number of carbonyl (C=O) groups is 3. The number of fused-ring (bicyclic) bond motifs is 4. The van der Waals surface area contributed by atoms with E-state index in [4.69, 9.17) is 4.74 Å². The molecule has 0 aliphatic heterocycles. The van der Waals surface area contributed by atoms with E-state index >= 15 is 0 Å². The highest BCUT2D eigenvalue weighted by Gasteiger charge is 2.73. The van der Waals surface area contributed by atoms with Crippen molar-refractivity contribution in [3.8, 4) is 5.75 Å². The first-order chi connectivity index (χ1) is 23.0. The molecular formula is C37H44F7NO4. The van der Waals surface area contributed by atoms with Crippen molar-refractivity contribution in [1.82, 2.24) is 4.90 Å². The van der Waals surface area contributed by atoms with E-state index < -0.39 is 30.5 Å². The zero-order valence-corrected chi connectivity index (χ0v) is 28.0. The van der Waals surface area contributed by atoms with E-state index in [1.807, 2.05) is 18.2 Å². The number of amides is 1. The minimum absolute atomic E-state index is 0.109. The van der Waals surface area contributed by atoms with Gasteiger partial charge in [0.15, 0.2) is 5.78 Å². The first-order valence-electron chi connectivity index (χ1n) is 17.3. The molecule has 0 radical (unpaired) electrons. The molecule has 4 aliphatic carbocycles. The number of allylic oxidation sites excluding steroid dienone is 4. The Labute approximate surface area is 282 Å². The van der Waals surface area contributed by atoms with Gasteiger partial charge in [0.1, 0.15) is 11.5 Å². The van der Waals surface area contributed by atoms with Gasteiger partial charge in [-0.25, -0.2) is 0 Å². The van der Waals surface area contributed by atoms with Gasteiger partial charge >= 0.3 is 18.0 Å². The van der Waals surface area contributed by atoms with Crippen LogP contribution >= 0.6 is 0 Å². The maximum Gasteiger partial charge on any atom is 0.459 e. The van der Waals surface area contributed by atoms with Gasteiger partial charge in [0.2, 0.25) is 5.91 Å². The minimum Gasteiger partial charge on any atom is -0.494 e. The molecule has 0 saturated heterocycles. The molecule has 49 heavy (non-hydrogen) atoms. The van der Waals surface area contributed by atoms with E-state index in [9.17, 15) is 45.1 Å². The number of rotatable bonds is 13. The number of hydrogen-bond acceptors (Lipinski definition) is 4. The lowest BCUT2D eigenvalue weighted by Crippen LogP contribution is -2.57. The van der Waals surface area contributed by atoms with Crippen LogP contribution in [0.4, 0.5) is 30.7 Å². The highest BCUT2D eigenvalue weighted by atomic mass is 19.4. The number of halogens is 7. The van der Waals surface area contributed by atoms with Gasteiger partial charge in [-0.2, -0.15) is 30.7 Å². The molecule has 12 heteroatoms. The van der Waals surface area contributed by atoms with Crippen LogP contribution in [0.2, 0.25) is 0 Å². The number of unbranched alkanes of at least 4 members (excludes halogenated alkanes) is 4. The molecule has 0 heterocycles. The molecular weight excluding hydrogens is 655 g/mol. The Bertz CT molecular complexity index is 1480. The van der Waals surface area contributed by atoms with Gasteiger partial charge in [0, 0.05) is 37.6 Å². The fourth-order valence-electron chi connectivity index (χ4n) is 8.51. The van der Waals surface area contributed by atoms with Crippen LogP contribution in [0.3, 0.4) is 0 Å². The summed E-state index contributed by atoms with van der Waals surface area (Å²) in [5.41, 5.74) is 4.76. The van der Waals surface area contributed by atoms with Crippen LogP contribution in [0.1, 0.15) is 102 Å². The van der Waals surface area contributed by atoms with Crippen LogP contribution in [-0.4, -0.2) is 60.6 Å². The topological polar surface area (TPSA) is 63.7 Å². The maximum absolute atomic E-state index is 13.6. The Kier molecular flexibility index (Phi) is 10.8. The van der Waals surface area contributed by atoms with Crippen LogP contribution < -0.4 is 4.74 Å². The summed E-state index contributed by atoms with van der Waals surface area (Å²) < 4.78 is 96.4. The van der Waals surface area contributed by atoms with Crippen LogP contribution in [0.25, 0.3) is 0 Å². The van der Waals surface area contributed by atoms with Crippen molar-refractivity contribution in [3.05, 3.63) is 52.6 Å². The SMILES string of the molecule is CN(CC(F)(F)C(F)(F)C(F)(F)F)C(=O)CCCCCCCOc1ccc([C@H]2C[C@]3(C)C(=O)CCC3C3CCC4=CC(=O)CCC4=C32)cc1.